The molecule has 0 bridgehead atoms. The maximum atomic E-state index is 12.9. The van der Waals surface area contributed by atoms with Crippen LogP contribution in [0.3, 0.4) is 0 Å². The number of H-pyrrole nitrogens is 1. The van der Waals surface area contributed by atoms with Gasteiger partial charge in [-0.15, -0.1) is 0 Å². The van der Waals surface area contributed by atoms with Crippen molar-refractivity contribution in [1.29, 1.82) is 0 Å². The van der Waals surface area contributed by atoms with E-state index in [9.17, 15) is 4.79 Å². The fourth-order valence-electron chi connectivity index (χ4n) is 4.01. The van der Waals surface area contributed by atoms with Crippen molar-refractivity contribution in [2.75, 3.05) is 6.61 Å². The van der Waals surface area contributed by atoms with Gasteiger partial charge in [0.1, 0.15) is 11.3 Å². The molecular formula is C22H19NO4. The number of nitrogens with one attached hydrogen (secondary N) is 1. The summed E-state index contributed by atoms with van der Waals surface area (Å²) in [5.74, 6) is 0.407. The SMILES string of the molecule is CCO[C@H]1C[C@H](c2c[nH]c3ccccc23)c2c(c3ccccc3oc2=O)O1. The molecule has 2 aromatic heterocycles. The molecule has 0 saturated carbocycles. The van der Waals surface area contributed by atoms with Gasteiger partial charge in [0.25, 0.3) is 0 Å². The summed E-state index contributed by atoms with van der Waals surface area (Å²) in [7, 11) is 0. The van der Waals surface area contributed by atoms with Gasteiger partial charge in [0.05, 0.1) is 10.9 Å². The molecule has 0 aliphatic carbocycles. The summed E-state index contributed by atoms with van der Waals surface area (Å²) in [5.41, 5.74) is 2.83. The number of aromatic nitrogens is 1. The Balaban J connectivity index is 1.78. The highest BCUT2D eigenvalue weighted by Crippen LogP contribution is 2.44. The Morgan fingerprint density at radius 1 is 1.11 bits per heavy atom. The predicted octanol–water partition coefficient (Wildman–Crippen LogP) is 4.55. The Hall–Kier alpha value is -3.05. The van der Waals surface area contributed by atoms with Crippen LogP contribution < -0.4 is 10.4 Å². The standard InChI is InChI=1S/C22H19NO4/c1-2-25-19-11-15(16-12-23-17-9-5-3-7-13(16)17)20-21(27-19)14-8-4-6-10-18(14)26-22(20)24/h3-10,12,15,19,23H,2,11H2,1H3/t15-,19-/m1/s1. The van der Waals surface area contributed by atoms with Gasteiger partial charge in [-0.25, -0.2) is 4.79 Å². The molecule has 0 amide bonds. The second-order valence-corrected chi connectivity index (χ2v) is 6.71. The van der Waals surface area contributed by atoms with Gasteiger partial charge in [0.2, 0.25) is 6.29 Å². The zero-order chi connectivity index (χ0) is 18.4. The lowest BCUT2D eigenvalue weighted by molar-refractivity contribution is -0.0889. The molecule has 0 unspecified atom stereocenters. The monoisotopic (exact) mass is 361 g/mol. The zero-order valence-electron chi connectivity index (χ0n) is 14.9. The van der Waals surface area contributed by atoms with Gasteiger partial charge in [-0.1, -0.05) is 30.3 Å². The first-order chi connectivity index (χ1) is 13.3. The Kier molecular flexibility index (Phi) is 3.76. The smallest absolute Gasteiger partial charge is 0.343 e. The molecule has 1 aliphatic heterocycles. The molecule has 3 heterocycles. The second-order valence-electron chi connectivity index (χ2n) is 6.71. The van der Waals surface area contributed by atoms with E-state index in [1.54, 1.807) is 6.07 Å². The number of hydrogen-bond acceptors (Lipinski definition) is 4. The van der Waals surface area contributed by atoms with Gasteiger partial charge in [-0.05, 0) is 30.7 Å². The maximum absolute atomic E-state index is 12.9. The number of aromatic amines is 1. The Morgan fingerprint density at radius 2 is 1.89 bits per heavy atom. The van der Waals surface area contributed by atoms with Crippen molar-refractivity contribution in [3.63, 3.8) is 0 Å². The quantitative estimate of drug-likeness (QED) is 0.544. The normalized spacial score (nSPS) is 19.1. The van der Waals surface area contributed by atoms with Crippen molar-refractivity contribution in [3.8, 4) is 5.75 Å². The third-order valence-electron chi connectivity index (χ3n) is 5.17. The van der Waals surface area contributed by atoms with Crippen LogP contribution in [-0.4, -0.2) is 17.9 Å². The van der Waals surface area contributed by atoms with Gasteiger partial charge >= 0.3 is 5.63 Å². The maximum Gasteiger partial charge on any atom is 0.343 e. The average molecular weight is 361 g/mol. The van der Waals surface area contributed by atoms with E-state index in [-0.39, 0.29) is 11.5 Å². The molecule has 1 N–H and O–H groups in total. The lowest BCUT2D eigenvalue weighted by Gasteiger charge is -2.31. The molecule has 136 valence electrons. The highest BCUT2D eigenvalue weighted by molar-refractivity contribution is 5.87. The Morgan fingerprint density at radius 3 is 2.74 bits per heavy atom. The number of para-hydroxylation sites is 2. The van der Waals surface area contributed by atoms with Crippen LogP contribution in [0.5, 0.6) is 5.75 Å². The van der Waals surface area contributed by atoms with Gasteiger partial charge in [0, 0.05) is 36.0 Å². The van der Waals surface area contributed by atoms with Gasteiger partial charge in [0.15, 0.2) is 0 Å². The minimum absolute atomic E-state index is 0.165. The first-order valence-electron chi connectivity index (χ1n) is 9.16. The molecule has 5 nitrogen and oxygen atoms in total. The molecule has 2 atom stereocenters. The molecular weight excluding hydrogens is 342 g/mol. The highest BCUT2D eigenvalue weighted by Gasteiger charge is 2.35. The molecule has 0 saturated heterocycles. The van der Waals surface area contributed by atoms with Crippen LogP contribution >= 0.6 is 0 Å². The first-order valence-corrected chi connectivity index (χ1v) is 9.16. The van der Waals surface area contributed by atoms with E-state index in [0.717, 1.165) is 21.9 Å². The molecule has 27 heavy (non-hydrogen) atoms. The topological polar surface area (TPSA) is 64.5 Å². The van der Waals surface area contributed by atoms with Gasteiger partial charge < -0.3 is 18.9 Å². The fraction of sp³-hybridized carbons (Fsp3) is 0.227. The van der Waals surface area contributed by atoms with Gasteiger partial charge in [-0.3, -0.25) is 0 Å². The summed E-state index contributed by atoms with van der Waals surface area (Å²) >= 11 is 0. The predicted molar refractivity (Wildman–Crippen MR) is 103 cm³/mol. The average Bonchev–Trinajstić information content (AvgIpc) is 3.12. The summed E-state index contributed by atoms with van der Waals surface area (Å²) in [4.78, 5) is 16.2. The first kappa shape index (κ1) is 16.1. The molecule has 5 rings (SSSR count). The summed E-state index contributed by atoms with van der Waals surface area (Å²) < 4.78 is 17.5. The van der Waals surface area contributed by atoms with E-state index in [0.29, 0.717) is 29.9 Å². The summed E-state index contributed by atoms with van der Waals surface area (Å²) in [6.45, 7) is 2.48. The van der Waals surface area contributed by atoms with Crippen molar-refractivity contribution in [3.05, 3.63) is 76.3 Å². The minimum Gasteiger partial charge on any atom is -0.464 e. The summed E-state index contributed by atoms with van der Waals surface area (Å²) in [6, 6.07) is 15.5. The minimum atomic E-state index is -0.411. The van der Waals surface area contributed by atoms with Crippen molar-refractivity contribution in [2.24, 2.45) is 0 Å². The van der Waals surface area contributed by atoms with E-state index in [1.165, 1.54) is 0 Å². The number of fused-ring (bicyclic) bond motifs is 4. The third-order valence-corrected chi connectivity index (χ3v) is 5.17. The van der Waals surface area contributed by atoms with Crippen LogP contribution in [0, 0.1) is 0 Å². The molecule has 2 aromatic carbocycles. The van der Waals surface area contributed by atoms with Crippen molar-refractivity contribution < 1.29 is 13.9 Å². The largest absolute Gasteiger partial charge is 0.464 e. The zero-order valence-corrected chi connectivity index (χ0v) is 14.9. The molecule has 5 heteroatoms. The fourth-order valence-corrected chi connectivity index (χ4v) is 4.01. The number of ether oxygens (including phenoxy) is 2. The van der Waals surface area contributed by atoms with Crippen molar-refractivity contribution >= 4 is 21.9 Å². The number of hydrogen-bond donors (Lipinski definition) is 1. The highest BCUT2D eigenvalue weighted by atomic mass is 16.7. The van der Waals surface area contributed by atoms with Crippen LogP contribution in [0.1, 0.15) is 30.4 Å². The van der Waals surface area contributed by atoms with E-state index < -0.39 is 6.29 Å². The van der Waals surface area contributed by atoms with Crippen LogP contribution in [-0.2, 0) is 4.74 Å². The second kappa shape index (κ2) is 6.28. The molecule has 4 aromatic rings. The summed E-state index contributed by atoms with van der Waals surface area (Å²) in [6.07, 6.45) is 2.12. The van der Waals surface area contributed by atoms with Crippen molar-refractivity contribution in [2.45, 2.75) is 25.6 Å². The van der Waals surface area contributed by atoms with E-state index in [4.69, 9.17) is 13.9 Å². The lowest BCUT2D eigenvalue weighted by atomic mass is 9.86. The van der Waals surface area contributed by atoms with Crippen LogP contribution in [0.15, 0.2) is 63.9 Å². The Labute approximate surface area is 155 Å². The molecule has 1 aliphatic rings. The van der Waals surface area contributed by atoms with Crippen molar-refractivity contribution in [1.82, 2.24) is 4.98 Å². The van der Waals surface area contributed by atoms with Crippen LogP contribution in [0.4, 0.5) is 0 Å². The molecule has 0 radical (unpaired) electrons. The summed E-state index contributed by atoms with van der Waals surface area (Å²) in [5, 5.41) is 1.89. The van der Waals surface area contributed by atoms with Gasteiger partial charge in [-0.2, -0.15) is 0 Å². The van der Waals surface area contributed by atoms with E-state index in [2.05, 4.69) is 11.1 Å². The number of rotatable bonds is 3. The number of benzene rings is 2. The molecule has 0 fully saturated rings. The third kappa shape index (κ3) is 2.54. The van der Waals surface area contributed by atoms with Crippen LogP contribution in [0.25, 0.3) is 21.9 Å². The van der Waals surface area contributed by atoms with E-state index >= 15 is 0 Å². The molecule has 0 spiro atoms. The Bertz CT molecular complexity index is 1190. The lowest BCUT2D eigenvalue weighted by Crippen LogP contribution is -2.32. The van der Waals surface area contributed by atoms with E-state index in [1.807, 2.05) is 49.5 Å². The van der Waals surface area contributed by atoms with Crippen LogP contribution in [0.2, 0.25) is 0 Å².